The van der Waals surface area contributed by atoms with Gasteiger partial charge in [-0.3, -0.25) is 44.7 Å². The number of imide groups is 3. The van der Waals surface area contributed by atoms with Gasteiger partial charge < -0.3 is 54.8 Å². The molecule has 3 fully saturated rings. The number of nitrogens with one attached hydrogen (secondary N) is 8. The Morgan fingerprint density at radius 1 is 0.489 bits per heavy atom. The van der Waals surface area contributed by atoms with Crippen molar-refractivity contribution in [2.75, 3.05) is 41.0 Å². The second-order valence-corrected chi connectivity index (χ2v) is 22.1. The lowest BCUT2D eigenvalue weighted by atomic mass is 9.98. The number of imidazole rings is 1. The summed E-state index contributed by atoms with van der Waals surface area (Å²) in [5.41, 5.74) is 1.98. The van der Waals surface area contributed by atoms with Gasteiger partial charge in [0.15, 0.2) is 0 Å². The summed E-state index contributed by atoms with van der Waals surface area (Å²) >= 11 is 0. The highest BCUT2D eigenvalue weighted by Crippen LogP contribution is 2.32. The number of urea groups is 3. The van der Waals surface area contributed by atoms with E-state index in [9.17, 15) is 51.9 Å². The lowest BCUT2D eigenvalue weighted by Crippen LogP contribution is -2.54. The van der Waals surface area contributed by atoms with Gasteiger partial charge in [0, 0.05) is 88.6 Å². The molecule has 2 aromatic heterocycles. The Kier molecular flexibility index (Phi) is 16.3. The van der Waals surface area contributed by atoms with Crippen molar-refractivity contribution in [3.8, 4) is 64.2 Å². The van der Waals surface area contributed by atoms with Crippen LogP contribution in [0.3, 0.4) is 0 Å². The lowest BCUT2D eigenvalue weighted by Gasteiger charge is -2.26. The number of hydrogen-bond acceptors (Lipinski definition) is 13. The summed E-state index contributed by atoms with van der Waals surface area (Å²) in [5.74, 6) is 14.9. The molecule has 6 aliphatic heterocycles. The van der Waals surface area contributed by atoms with Crippen LogP contribution in [0.25, 0.3) is 22.3 Å². The summed E-state index contributed by atoms with van der Waals surface area (Å²) in [6, 6.07) is 31.2. The SMILES string of the molecule is COc1ccc2c(c1)C(=O)N(C[C@@]1(C#Cc3ccc(-c4ncc[nH]4)cc3)NC(=O)NC1=O)C2.COc1ccc2c(c1)C(=O)N(C[C@@]1(C#Cc3ccc(F)cc3F)NC(=O)NC1=O)C2.COc1ccc2c(c1)C(=O)N(C[C@@]1(C#Cc3cccc4[nH]ccc34)NC(=O)NC1=O)C2. The van der Waals surface area contributed by atoms with Crippen LogP contribution in [-0.4, -0.2) is 141 Å². The van der Waals surface area contributed by atoms with Crippen LogP contribution in [-0.2, 0) is 34.0 Å². The molecule has 14 rings (SSSR count). The van der Waals surface area contributed by atoms with E-state index in [-0.39, 0.29) is 49.5 Å². The minimum Gasteiger partial charge on any atom is -0.497 e. The van der Waals surface area contributed by atoms with Gasteiger partial charge in [-0.15, -0.1) is 0 Å². The number of aromatic nitrogens is 3. The molecule has 0 aliphatic carbocycles. The smallest absolute Gasteiger partial charge is 0.323 e. The Hall–Kier alpha value is -12.8. The van der Waals surface area contributed by atoms with E-state index in [1.165, 1.54) is 36.0 Å². The van der Waals surface area contributed by atoms with Crippen molar-refractivity contribution >= 4 is 64.4 Å². The molecule has 0 saturated carbocycles. The van der Waals surface area contributed by atoms with Crippen molar-refractivity contribution in [2.45, 2.75) is 36.3 Å². The van der Waals surface area contributed by atoms with E-state index in [0.717, 1.165) is 51.1 Å². The third-order valence-corrected chi connectivity index (χ3v) is 16.1. The number of fused-ring (bicyclic) bond motifs is 4. The van der Waals surface area contributed by atoms with Gasteiger partial charge in [-0.05, 0) is 95.6 Å². The summed E-state index contributed by atoms with van der Waals surface area (Å²) < 4.78 is 42.6. The van der Waals surface area contributed by atoms with Gasteiger partial charge in [0.05, 0.1) is 46.5 Å². The first kappa shape index (κ1) is 61.5. The summed E-state index contributed by atoms with van der Waals surface area (Å²) in [5, 5.41) is 15.2. The van der Waals surface area contributed by atoms with Crippen LogP contribution in [0.5, 0.6) is 17.2 Å². The number of benzene rings is 6. The van der Waals surface area contributed by atoms with Crippen LogP contribution in [0.15, 0.2) is 140 Å². The number of aromatic amines is 2. The largest absolute Gasteiger partial charge is 0.497 e. The molecule has 0 unspecified atom stereocenters. The quantitative estimate of drug-likeness (QED) is 0.0662. The third kappa shape index (κ3) is 12.1. The average Bonchev–Trinajstić information content (AvgIpc) is 1.63. The fraction of sp³-hybridized carbons (Fsp3) is 0.176. The monoisotopic (exact) mass is 1270 g/mol. The van der Waals surface area contributed by atoms with E-state index in [4.69, 9.17) is 14.2 Å². The van der Waals surface area contributed by atoms with Crippen molar-refractivity contribution in [3.63, 3.8) is 0 Å². The molecular weight excluding hydrogens is 1210 g/mol. The third-order valence-electron chi connectivity index (χ3n) is 16.1. The van der Waals surface area contributed by atoms with Crippen molar-refractivity contribution in [1.29, 1.82) is 0 Å². The highest BCUT2D eigenvalue weighted by atomic mass is 19.1. The molecule has 3 atom stereocenters. The molecule has 0 bridgehead atoms. The van der Waals surface area contributed by atoms with E-state index >= 15 is 0 Å². The number of methoxy groups -OCH3 is 3. The molecule has 470 valence electrons. The summed E-state index contributed by atoms with van der Waals surface area (Å²) in [6.45, 7) is 0.418. The standard InChI is InChI=1S/C24H19N5O4.C23H18N4O4.C21H15F2N3O4/c1-33-18-7-6-17-13-29(21(30)19(17)12-18)14-24(22(31)27-23(32)28-24)9-8-15-2-4-16(5-3-15)20-25-10-11-26-20;1-31-16-6-5-15-12-27(20(28)18(15)11-16)13-23(21(29)25-22(30)26-23)9-7-14-3-2-4-19-17(14)8-10-24-19;1-30-15-5-3-13-10-26(18(27)16(13)9-15)11-21(19(28)24-20(29)25-21)7-6-12-2-4-14(22)8-17(12)23/h2-7,10-12H,13-14H2,1H3,(H,25,26)(H2,27,28,31,32);2-6,8,10-11,24H,12-13H2,1H3,(H2,25,26,29,30);2-5,8-9H,10-11H2,1H3,(H2,24,25,28,29)/t24-;23-;21-/m111/s1. The summed E-state index contributed by atoms with van der Waals surface area (Å²) in [7, 11) is 4.55. The first-order valence-electron chi connectivity index (χ1n) is 28.8. The number of hydrogen-bond donors (Lipinski definition) is 8. The minimum atomic E-state index is -1.78. The van der Waals surface area contributed by atoms with E-state index in [1.54, 1.807) is 67.0 Å². The number of ether oxygens (including phenoxy) is 3. The molecule has 3 saturated heterocycles. The normalized spacial score (nSPS) is 19.4. The van der Waals surface area contributed by atoms with Crippen LogP contribution in [0.1, 0.15) is 64.5 Å². The maximum Gasteiger partial charge on any atom is 0.323 e. The molecule has 6 aromatic carbocycles. The molecule has 94 heavy (non-hydrogen) atoms. The van der Waals surface area contributed by atoms with Gasteiger partial charge >= 0.3 is 18.1 Å². The van der Waals surface area contributed by atoms with Crippen molar-refractivity contribution in [3.05, 3.63) is 202 Å². The van der Waals surface area contributed by atoms with Crippen LogP contribution in [0.4, 0.5) is 23.2 Å². The first-order chi connectivity index (χ1) is 45.3. The summed E-state index contributed by atoms with van der Waals surface area (Å²) in [4.78, 5) is 127. The van der Waals surface area contributed by atoms with Gasteiger partial charge in [0.25, 0.3) is 35.4 Å². The molecule has 8 aromatic rings. The van der Waals surface area contributed by atoms with E-state index in [1.807, 2.05) is 54.7 Å². The molecule has 24 nitrogen and oxygen atoms in total. The van der Waals surface area contributed by atoms with Gasteiger partial charge in [-0.2, -0.15) is 0 Å². The maximum atomic E-state index is 13.9. The van der Waals surface area contributed by atoms with Crippen LogP contribution < -0.4 is 46.1 Å². The molecule has 26 heteroatoms. The first-order valence-corrected chi connectivity index (χ1v) is 28.8. The Morgan fingerprint density at radius 3 is 1.36 bits per heavy atom. The number of nitrogens with zero attached hydrogens (tertiary/aromatic N) is 4. The van der Waals surface area contributed by atoms with Crippen molar-refractivity contribution in [2.24, 2.45) is 0 Å². The Bertz CT molecular complexity index is 4730. The Balaban J connectivity index is 0.000000136. The number of H-pyrrole nitrogens is 2. The van der Waals surface area contributed by atoms with Crippen molar-refractivity contribution < 1.29 is 66.1 Å². The molecule has 12 amide bonds. The zero-order chi connectivity index (χ0) is 66.1. The molecule has 6 aliphatic rings. The highest BCUT2D eigenvalue weighted by molar-refractivity contribution is 6.12. The number of halogens is 2. The Labute approximate surface area is 533 Å². The van der Waals surface area contributed by atoms with Gasteiger partial charge in [0.2, 0.25) is 16.6 Å². The highest BCUT2D eigenvalue weighted by Gasteiger charge is 2.51. The maximum absolute atomic E-state index is 13.9. The fourth-order valence-corrected chi connectivity index (χ4v) is 11.3. The number of amides is 12. The van der Waals surface area contributed by atoms with Crippen LogP contribution in [0.2, 0.25) is 0 Å². The van der Waals surface area contributed by atoms with Gasteiger partial charge in [0.1, 0.15) is 34.7 Å². The zero-order valence-corrected chi connectivity index (χ0v) is 50.0. The zero-order valence-electron chi connectivity index (χ0n) is 50.0. The van der Waals surface area contributed by atoms with E-state index < -0.39 is 64.1 Å². The lowest BCUT2D eigenvalue weighted by molar-refractivity contribution is -0.123. The molecule has 0 radical (unpaired) electrons. The second-order valence-electron chi connectivity index (χ2n) is 22.1. The topological polar surface area (TPSA) is 308 Å². The van der Waals surface area contributed by atoms with E-state index in [2.05, 4.69) is 82.4 Å². The number of rotatable bonds is 10. The number of carbonyl (C=O) groups is 9. The minimum absolute atomic E-state index is 0.0729. The van der Waals surface area contributed by atoms with Gasteiger partial charge in [-0.25, -0.2) is 28.1 Å². The summed E-state index contributed by atoms with van der Waals surface area (Å²) in [6.07, 6.45) is 5.22. The second kappa shape index (κ2) is 24.9. The Morgan fingerprint density at radius 2 is 0.947 bits per heavy atom. The molecule has 8 heterocycles. The van der Waals surface area contributed by atoms with E-state index in [0.29, 0.717) is 64.2 Å². The fourth-order valence-electron chi connectivity index (χ4n) is 11.3. The van der Waals surface area contributed by atoms with Crippen LogP contribution >= 0.6 is 0 Å². The molecule has 8 N–H and O–H groups in total. The van der Waals surface area contributed by atoms with Crippen molar-refractivity contribution in [1.82, 2.24) is 61.6 Å². The average molecular weight is 1270 g/mol. The molecule has 0 spiro atoms. The van der Waals surface area contributed by atoms with Gasteiger partial charge in [-0.1, -0.05) is 71.9 Å². The predicted octanol–water partition coefficient (Wildman–Crippen LogP) is 4.99. The molecular formula is C68H52F2N12O12. The number of carbonyl (C=O) groups excluding carboxylic acids is 9. The van der Waals surface area contributed by atoms with Crippen LogP contribution in [0, 0.1) is 47.2 Å². The predicted molar refractivity (Wildman–Crippen MR) is 331 cm³/mol.